The third-order valence-electron chi connectivity index (χ3n) is 2.52. The van der Waals surface area contributed by atoms with Gasteiger partial charge in [-0.05, 0) is 19.3 Å². The lowest BCUT2D eigenvalue weighted by molar-refractivity contribution is -0.138. The van der Waals surface area contributed by atoms with Crippen LogP contribution in [0.15, 0.2) is 0 Å². The molecule has 0 aliphatic heterocycles. The normalized spacial score (nSPS) is 13.3. The first-order valence-electron chi connectivity index (χ1n) is 5.76. The Morgan fingerprint density at radius 2 is 1.78 bits per heavy atom. The van der Waals surface area contributed by atoms with Crippen molar-refractivity contribution in [3.05, 3.63) is 0 Å². The van der Waals surface area contributed by atoms with E-state index in [2.05, 4.69) is 16.6 Å². The Bertz CT molecular complexity index is 361. The molecule has 0 bridgehead atoms. The van der Waals surface area contributed by atoms with E-state index in [1.54, 1.807) is 13.8 Å². The van der Waals surface area contributed by atoms with Crippen LogP contribution in [0, 0.1) is 17.8 Å². The summed E-state index contributed by atoms with van der Waals surface area (Å²) >= 11 is 0. The summed E-state index contributed by atoms with van der Waals surface area (Å²) in [7, 11) is 0. The van der Waals surface area contributed by atoms with E-state index >= 15 is 0 Å². The van der Waals surface area contributed by atoms with Gasteiger partial charge >= 0.3 is 12.0 Å². The number of hydrogen-bond donors (Lipinski definition) is 3. The molecule has 2 amide bonds. The van der Waals surface area contributed by atoms with Crippen molar-refractivity contribution in [3.8, 4) is 12.3 Å². The first-order chi connectivity index (χ1) is 7.98. The molecule has 0 aromatic carbocycles. The monoisotopic (exact) mass is 254 g/mol. The van der Waals surface area contributed by atoms with Crippen LogP contribution in [-0.2, 0) is 4.79 Å². The van der Waals surface area contributed by atoms with Gasteiger partial charge in [-0.15, -0.1) is 6.42 Å². The van der Waals surface area contributed by atoms with Gasteiger partial charge in [0.15, 0.2) is 0 Å². The summed E-state index contributed by atoms with van der Waals surface area (Å²) < 4.78 is 0. The molecule has 0 spiro atoms. The van der Waals surface area contributed by atoms with Gasteiger partial charge in [0.25, 0.3) is 0 Å². The van der Waals surface area contributed by atoms with Crippen LogP contribution in [-0.4, -0.2) is 28.7 Å². The Morgan fingerprint density at radius 1 is 1.28 bits per heavy atom. The Balaban J connectivity index is 4.66. The van der Waals surface area contributed by atoms with E-state index in [4.69, 9.17) is 11.5 Å². The summed E-state index contributed by atoms with van der Waals surface area (Å²) in [4.78, 5) is 22.5. The SMILES string of the molecule is C#CC(C)(C)NC(=O)NC(CC(=O)O)C(C)(C)C. The highest BCUT2D eigenvalue weighted by atomic mass is 16.4. The van der Waals surface area contributed by atoms with Crippen LogP contribution in [0.1, 0.15) is 41.0 Å². The zero-order valence-corrected chi connectivity index (χ0v) is 11.6. The maximum Gasteiger partial charge on any atom is 0.316 e. The smallest absolute Gasteiger partial charge is 0.316 e. The van der Waals surface area contributed by atoms with Crippen LogP contribution in [0.4, 0.5) is 4.79 Å². The molecule has 5 heteroatoms. The maximum atomic E-state index is 11.7. The second kappa shape index (κ2) is 5.76. The molecule has 18 heavy (non-hydrogen) atoms. The molecule has 0 rings (SSSR count). The summed E-state index contributed by atoms with van der Waals surface area (Å²) in [5.41, 5.74) is -1.12. The Hall–Kier alpha value is -1.70. The quantitative estimate of drug-likeness (QED) is 0.667. The number of hydrogen-bond acceptors (Lipinski definition) is 2. The summed E-state index contributed by atoms with van der Waals surface area (Å²) in [5, 5.41) is 14.1. The predicted molar refractivity (Wildman–Crippen MR) is 70.1 cm³/mol. The highest BCUT2D eigenvalue weighted by molar-refractivity contribution is 5.77. The number of nitrogens with one attached hydrogen (secondary N) is 2. The molecule has 1 atom stereocenters. The number of carboxylic acid groups (broad SMARTS) is 1. The van der Waals surface area contributed by atoms with Gasteiger partial charge < -0.3 is 15.7 Å². The van der Waals surface area contributed by atoms with Gasteiger partial charge in [0.1, 0.15) is 0 Å². The van der Waals surface area contributed by atoms with E-state index in [1.165, 1.54) is 0 Å². The van der Waals surface area contributed by atoms with Crippen molar-refractivity contribution in [3.63, 3.8) is 0 Å². The van der Waals surface area contributed by atoms with Crippen LogP contribution in [0.5, 0.6) is 0 Å². The zero-order valence-electron chi connectivity index (χ0n) is 11.6. The first kappa shape index (κ1) is 16.3. The second-order valence-electron chi connectivity index (χ2n) is 5.88. The lowest BCUT2D eigenvalue weighted by atomic mass is 9.85. The molecule has 0 radical (unpaired) electrons. The topological polar surface area (TPSA) is 78.4 Å². The van der Waals surface area contributed by atoms with Crippen molar-refractivity contribution < 1.29 is 14.7 Å². The van der Waals surface area contributed by atoms with E-state index in [0.717, 1.165) is 0 Å². The minimum absolute atomic E-state index is 0.132. The molecule has 102 valence electrons. The average molecular weight is 254 g/mol. The van der Waals surface area contributed by atoms with Gasteiger partial charge in [-0.2, -0.15) is 0 Å². The molecule has 0 fully saturated rings. The van der Waals surface area contributed by atoms with Crippen molar-refractivity contribution in [1.82, 2.24) is 10.6 Å². The molecule has 0 heterocycles. The van der Waals surface area contributed by atoms with Gasteiger partial charge in [0.2, 0.25) is 0 Å². The fourth-order valence-electron chi connectivity index (χ4n) is 1.26. The molecule has 5 nitrogen and oxygen atoms in total. The number of carbonyl (C=O) groups is 2. The number of carboxylic acids is 1. The molecule has 0 saturated carbocycles. The number of terminal acetylenes is 1. The van der Waals surface area contributed by atoms with Crippen molar-refractivity contribution in [2.24, 2.45) is 5.41 Å². The van der Waals surface area contributed by atoms with Crippen molar-refractivity contribution in [2.45, 2.75) is 52.6 Å². The van der Waals surface area contributed by atoms with Gasteiger partial charge in [-0.25, -0.2) is 4.79 Å². The highest BCUT2D eigenvalue weighted by Gasteiger charge is 2.29. The van der Waals surface area contributed by atoms with E-state index < -0.39 is 23.6 Å². The lowest BCUT2D eigenvalue weighted by Gasteiger charge is -2.31. The highest BCUT2D eigenvalue weighted by Crippen LogP contribution is 2.21. The van der Waals surface area contributed by atoms with Crippen LogP contribution in [0.2, 0.25) is 0 Å². The van der Waals surface area contributed by atoms with E-state index in [9.17, 15) is 9.59 Å². The third-order valence-corrected chi connectivity index (χ3v) is 2.52. The van der Waals surface area contributed by atoms with Crippen LogP contribution < -0.4 is 10.6 Å². The predicted octanol–water partition coefficient (Wildman–Crippen LogP) is 1.59. The third kappa shape index (κ3) is 6.14. The van der Waals surface area contributed by atoms with Gasteiger partial charge in [-0.3, -0.25) is 4.79 Å². The molecule has 0 aliphatic carbocycles. The van der Waals surface area contributed by atoms with E-state index in [0.29, 0.717) is 0 Å². The molecule has 0 aromatic rings. The number of amides is 2. The standard InChI is InChI=1S/C13H22N2O3/c1-7-13(5,6)15-11(18)14-9(8-10(16)17)12(2,3)4/h1,9H,8H2,2-6H3,(H,16,17)(H2,14,15,18). The first-order valence-corrected chi connectivity index (χ1v) is 5.76. The Labute approximate surface area is 108 Å². The molecule has 3 N–H and O–H groups in total. The average Bonchev–Trinajstić information content (AvgIpc) is 2.13. The minimum Gasteiger partial charge on any atom is -0.481 e. The molecular formula is C13H22N2O3. The molecule has 1 unspecified atom stereocenters. The van der Waals surface area contributed by atoms with Crippen molar-refractivity contribution in [1.29, 1.82) is 0 Å². The summed E-state index contributed by atoms with van der Waals surface area (Å²) in [5.74, 6) is 1.48. The number of urea groups is 1. The van der Waals surface area contributed by atoms with E-state index in [1.807, 2.05) is 20.8 Å². The second-order valence-corrected chi connectivity index (χ2v) is 5.88. The zero-order chi connectivity index (χ0) is 14.6. The van der Waals surface area contributed by atoms with Gasteiger partial charge in [-0.1, -0.05) is 26.7 Å². The Morgan fingerprint density at radius 3 is 2.11 bits per heavy atom. The lowest BCUT2D eigenvalue weighted by Crippen LogP contribution is -2.53. The summed E-state index contributed by atoms with van der Waals surface area (Å²) in [6.45, 7) is 8.99. The number of rotatable bonds is 4. The maximum absolute atomic E-state index is 11.7. The summed E-state index contributed by atoms with van der Waals surface area (Å²) in [6, 6.07) is -0.928. The number of aliphatic carboxylic acids is 1. The molecule has 0 aliphatic rings. The van der Waals surface area contributed by atoms with Gasteiger partial charge in [0, 0.05) is 6.04 Å². The molecule has 0 aromatic heterocycles. The van der Waals surface area contributed by atoms with E-state index in [-0.39, 0.29) is 11.8 Å². The van der Waals surface area contributed by atoms with Crippen LogP contribution in [0.25, 0.3) is 0 Å². The van der Waals surface area contributed by atoms with Crippen molar-refractivity contribution in [2.75, 3.05) is 0 Å². The van der Waals surface area contributed by atoms with Gasteiger partial charge in [0.05, 0.1) is 12.0 Å². The van der Waals surface area contributed by atoms with Crippen molar-refractivity contribution >= 4 is 12.0 Å². The fourth-order valence-corrected chi connectivity index (χ4v) is 1.26. The van der Waals surface area contributed by atoms with Crippen LogP contribution >= 0.6 is 0 Å². The minimum atomic E-state index is -0.952. The number of carbonyl (C=O) groups excluding carboxylic acids is 1. The summed E-state index contributed by atoms with van der Waals surface area (Å²) in [6.07, 6.45) is 5.13. The largest absolute Gasteiger partial charge is 0.481 e. The molecular weight excluding hydrogens is 232 g/mol. The fraction of sp³-hybridized carbons (Fsp3) is 0.692. The molecule has 0 saturated heterocycles. The Kier molecular flexibility index (Phi) is 5.22. The van der Waals surface area contributed by atoms with Crippen LogP contribution in [0.3, 0.4) is 0 Å².